The summed E-state index contributed by atoms with van der Waals surface area (Å²) in [6.07, 6.45) is 15.6. The van der Waals surface area contributed by atoms with E-state index in [2.05, 4.69) is 388 Å². The topological polar surface area (TPSA) is 88.4 Å². The van der Waals surface area contributed by atoms with Crippen LogP contribution in [0.1, 0.15) is 64.2 Å². The smallest absolute Gasteiger partial charge is 0.0478 e. The normalized spacial score (nSPS) is 11.9. The largest absolute Gasteiger partial charge is 0.381 e. The second-order valence-corrected chi connectivity index (χ2v) is 44.7. The monoisotopic (exact) mass is 1780 g/mol. The van der Waals surface area contributed by atoms with Gasteiger partial charge >= 0.3 is 0 Å². The summed E-state index contributed by atoms with van der Waals surface area (Å²) in [4.78, 5) is 13.5. The van der Waals surface area contributed by atoms with Gasteiger partial charge in [-0.25, -0.2) is 0 Å². The maximum Gasteiger partial charge on any atom is 0.0478 e. The Morgan fingerprint density at radius 3 is 0.384 bits per heavy atom. The standard InChI is InChI=1S/C108H134N6O5P6/c109-71-37-81-115-82-38-72-110(75-41-85-117-88-44-78-112(91-120(97-47-13-1-14-48-97)98-49-15-2-16-50-98)92-121(99-51-17-3-18-52-99)100-53-19-4-20-54-100)73-39-83-116-84-40-74-111(76-42-86-118-89-45-79-113(93-122(101-55-21-5-22-56-101)102-57-23-6-24-58-102)94-123(103-59-25-7-26-60-103)104-61-27-8-28-62-104)77-43-87-119-90-46-80-114(95-124(105-63-29-9-30-64-105)106-65-31-10-32-66-106)96-125(107-67-33-11-34-68-107)108-69-35-12-36-70-108/h1-36,47-70H,37-46,71-96,109H2. The molecule has 12 aromatic rings. The molecule has 12 rings (SSSR count). The van der Waals surface area contributed by atoms with Crippen LogP contribution < -0.4 is 69.4 Å². The summed E-state index contributed by atoms with van der Waals surface area (Å²) < 4.78 is 32.5. The molecular weight excluding hydrogens is 1650 g/mol. The number of benzene rings is 12. The lowest BCUT2D eigenvalue weighted by Crippen LogP contribution is -2.33. The van der Waals surface area contributed by atoms with Crippen molar-refractivity contribution in [1.82, 2.24) is 24.5 Å². The molecule has 17 heteroatoms. The Kier molecular flexibility index (Phi) is 45.8. The van der Waals surface area contributed by atoms with Gasteiger partial charge in [-0.15, -0.1) is 0 Å². The van der Waals surface area contributed by atoms with Crippen molar-refractivity contribution in [2.24, 2.45) is 5.73 Å². The summed E-state index contributed by atoms with van der Waals surface area (Å²) in [5.74, 6) is 0. The summed E-state index contributed by atoms with van der Waals surface area (Å²) in [5, 5.41) is 17.0. The first-order chi connectivity index (χ1) is 62.1. The lowest BCUT2D eigenvalue weighted by Gasteiger charge is -2.32. The third-order valence-corrected chi connectivity index (χ3v) is 37.4. The Balaban J connectivity index is 0.646. The highest BCUT2D eigenvalue weighted by molar-refractivity contribution is 7.75. The fourth-order valence-corrected chi connectivity index (χ4v) is 30.3. The molecule has 0 aromatic heterocycles. The Hall–Kier alpha value is -7.22. The van der Waals surface area contributed by atoms with E-state index in [1.54, 1.807) is 0 Å². The molecule has 0 radical (unpaired) electrons. The van der Waals surface area contributed by atoms with Gasteiger partial charge in [0.25, 0.3) is 0 Å². The van der Waals surface area contributed by atoms with E-state index in [1.165, 1.54) is 63.7 Å². The van der Waals surface area contributed by atoms with Crippen LogP contribution in [0.2, 0.25) is 0 Å². The van der Waals surface area contributed by atoms with Gasteiger partial charge in [-0.1, -0.05) is 364 Å². The average molecular weight is 1780 g/mol. The number of nitrogens with two attached hydrogens (primary N) is 1. The van der Waals surface area contributed by atoms with Crippen LogP contribution in [0.5, 0.6) is 0 Å². The van der Waals surface area contributed by atoms with Crippen LogP contribution in [0.3, 0.4) is 0 Å². The minimum atomic E-state index is -0.631. The number of rotatable bonds is 63. The fourth-order valence-electron chi connectivity index (χ4n) is 15.8. The third kappa shape index (κ3) is 35.3. The molecule has 12 aromatic carbocycles. The molecule has 0 heterocycles. The van der Waals surface area contributed by atoms with E-state index in [0.717, 1.165) is 220 Å². The van der Waals surface area contributed by atoms with Gasteiger partial charge in [0.1, 0.15) is 0 Å². The second kappa shape index (κ2) is 59.1. The molecule has 0 aliphatic rings. The number of nitrogens with zero attached hydrogens (tertiary/aromatic N) is 5. The van der Waals surface area contributed by atoms with Crippen LogP contribution in [0.25, 0.3) is 0 Å². The molecule has 0 saturated carbocycles. The first-order valence-electron chi connectivity index (χ1n) is 45.5. The molecule has 2 N–H and O–H groups in total. The maximum absolute atomic E-state index is 6.66. The number of hydrogen-bond donors (Lipinski definition) is 1. The van der Waals surface area contributed by atoms with Gasteiger partial charge in [-0.05, 0) is 182 Å². The summed E-state index contributed by atoms with van der Waals surface area (Å²) in [5.41, 5.74) is 5.84. The van der Waals surface area contributed by atoms with Gasteiger partial charge in [-0.3, -0.25) is 14.7 Å². The summed E-state index contributed by atoms with van der Waals surface area (Å²) >= 11 is 0. The van der Waals surface area contributed by atoms with Crippen molar-refractivity contribution in [3.8, 4) is 0 Å². The highest BCUT2D eigenvalue weighted by Crippen LogP contribution is 2.43. The van der Waals surface area contributed by atoms with Crippen molar-refractivity contribution in [1.29, 1.82) is 0 Å². The molecule has 0 bridgehead atoms. The van der Waals surface area contributed by atoms with Crippen molar-refractivity contribution in [3.05, 3.63) is 364 Å². The molecule has 0 unspecified atom stereocenters. The van der Waals surface area contributed by atoms with Gasteiger partial charge in [0.15, 0.2) is 0 Å². The van der Waals surface area contributed by atoms with Crippen molar-refractivity contribution in [2.75, 3.05) is 169 Å². The molecule has 11 nitrogen and oxygen atoms in total. The Labute approximate surface area is 757 Å². The zero-order valence-corrected chi connectivity index (χ0v) is 79.0. The minimum Gasteiger partial charge on any atom is -0.381 e. The number of hydrogen-bond acceptors (Lipinski definition) is 11. The summed E-state index contributed by atoms with van der Waals surface area (Å²) in [6, 6.07) is 135. The van der Waals surface area contributed by atoms with Crippen LogP contribution in [-0.4, -0.2) is 194 Å². The van der Waals surface area contributed by atoms with Crippen LogP contribution in [0.15, 0.2) is 364 Å². The first-order valence-corrected chi connectivity index (χ1v) is 54.7. The van der Waals surface area contributed by atoms with Gasteiger partial charge in [0.05, 0.1) is 0 Å². The lowest BCUT2D eigenvalue weighted by molar-refractivity contribution is 0.0862. The van der Waals surface area contributed by atoms with E-state index in [4.69, 9.17) is 29.4 Å². The van der Waals surface area contributed by atoms with Crippen molar-refractivity contribution >= 4 is 111 Å². The van der Waals surface area contributed by atoms with Crippen molar-refractivity contribution in [2.45, 2.75) is 64.2 Å². The molecule has 125 heavy (non-hydrogen) atoms. The van der Waals surface area contributed by atoms with Gasteiger partial charge in [-0.2, -0.15) is 0 Å². The van der Waals surface area contributed by atoms with Crippen LogP contribution in [0.4, 0.5) is 0 Å². The fraction of sp³-hybridized carbons (Fsp3) is 0.333. The quantitative estimate of drug-likeness (QED) is 0.0292. The van der Waals surface area contributed by atoms with E-state index in [9.17, 15) is 0 Å². The molecule has 0 saturated heterocycles. The van der Waals surface area contributed by atoms with E-state index < -0.39 is 47.5 Å². The van der Waals surface area contributed by atoms with Gasteiger partial charge in [0.2, 0.25) is 0 Å². The van der Waals surface area contributed by atoms with Crippen molar-refractivity contribution in [3.63, 3.8) is 0 Å². The summed E-state index contributed by atoms with van der Waals surface area (Å²) in [7, 11) is -3.75. The highest BCUT2D eigenvalue weighted by Gasteiger charge is 2.28. The third-order valence-electron chi connectivity index (χ3n) is 22.2. The Morgan fingerprint density at radius 1 is 0.152 bits per heavy atom. The molecule has 656 valence electrons. The van der Waals surface area contributed by atoms with E-state index in [-0.39, 0.29) is 0 Å². The molecule has 0 aliphatic carbocycles. The molecule has 0 fully saturated rings. The highest BCUT2D eigenvalue weighted by atomic mass is 31.1. The van der Waals surface area contributed by atoms with E-state index in [1.807, 2.05) is 0 Å². The van der Waals surface area contributed by atoms with Crippen LogP contribution >= 0.6 is 47.5 Å². The molecule has 0 aliphatic heterocycles. The Morgan fingerprint density at radius 2 is 0.264 bits per heavy atom. The molecule has 0 spiro atoms. The first kappa shape index (κ1) is 96.9. The molecular formula is C108H134N6O5P6. The van der Waals surface area contributed by atoms with Crippen molar-refractivity contribution < 1.29 is 23.7 Å². The Bertz CT molecular complexity index is 3990. The predicted octanol–water partition coefficient (Wildman–Crippen LogP) is 18.0. The summed E-state index contributed by atoms with van der Waals surface area (Å²) in [6.45, 7) is 16.7. The lowest BCUT2D eigenvalue weighted by atomic mass is 10.3. The van der Waals surface area contributed by atoms with Crippen LogP contribution in [0, 0.1) is 0 Å². The average Bonchev–Trinajstić information content (AvgIpc) is 0.831. The SMILES string of the molecule is NCCCOCCCN(CCCOCCCN(CCCOCCCN(CP(c1ccccc1)c1ccccc1)CP(c1ccccc1)c1ccccc1)CCCOCCCN(CP(c1ccccc1)c1ccccc1)CP(c1ccccc1)c1ccccc1)CCCOCCCN(CP(c1ccccc1)c1ccccc1)CP(c1ccccc1)c1ccccc1. The predicted molar refractivity (Wildman–Crippen MR) is 546 cm³/mol. The molecule has 0 amide bonds. The zero-order chi connectivity index (χ0) is 85.7. The van der Waals surface area contributed by atoms with Crippen LogP contribution in [-0.2, 0) is 23.7 Å². The van der Waals surface area contributed by atoms with E-state index in [0.29, 0.717) is 13.2 Å². The zero-order valence-electron chi connectivity index (χ0n) is 73.6. The maximum atomic E-state index is 6.66. The minimum absolute atomic E-state index is 0.616. The second-order valence-electron chi connectivity index (χ2n) is 31.7. The van der Waals surface area contributed by atoms with Gasteiger partial charge in [0, 0.05) is 163 Å². The molecule has 0 atom stereocenters. The number of ether oxygens (including phenoxy) is 5. The van der Waals surface area contributed by atoms with E-state index >= 15 is 0 Å². The van der Waals surface area contributed by atoms with Gasteiger partial charge < -0.3 is 39.2 Å².